The number of rotatable bonds is 5. The Balaban J connectivity index is 1.35. The third-order valence-electron chi connectivity index (χ3n) is 5.26. The zero-order chi connectivity index (χ0) is 20.4. The number of amides is 1. The number of carbonyl (C=O) groups is 2. The van der Waals surface area contributed by atoms with Crippen molar-refractivity contribution >= 4 is 23.1 Å². The Morgan fingerprint density at radius 1 is 1.10 bits per heavy atom. The number of quaternary nitrogens is 1. The van der Waals surface area contributed by atoms with Crippen LogP contribution in [-0.4, -0.2) is 56.3 Å². The van der Waals surface area contributed by atoms with E-state index in [9.17, 15) is 14.7 Å². The number of ether oxygens (including phenoxy) is 2. The average molecular weight is 398 g/mol. The standard InChI is InChI=1S/C21H23N3O5/c1-14(25)17-10-19-20(29-13-28-19)11-18(17)22-21(27)12-23-6-8-24(9-7-23)15-2-4-16(26)5-3-15/h2-5,10-11,26H,6-9,12-13H2,1H3,(H,22,27)/p+1. The molecule has 2 aliphatic rings. The molecule has 2 aliphatic heterocycles. The summed E-state index contributed by atoms with van der Waals surface area (Å²) in [6.07, 6.45) is 0. The van der Waals surface area contributed by atoms with Crippen LogP contribution in [0.2, 0.25) is 0 Å². The minimum absolute atomic E-state index is 0.111. The summed E-state index contributed by atoms with van der Waals surface area (Å²) in [6.45, 7) is 5.21. The van der Waals surface area contributed by atoms with E-state index < -0.39 is 0 Å². The molecule has 0 spiro atoms. The van der Waals surface area contributed by atoms with Gasteiger partial charge in [-0.15, -0.1) is 0 Å². The second-order valence-electron chi connectivity index (χ2n) is 7.29. The number of hydrogen-bond donors (Lipinski definition) is 3. The van der Waals surface area contributed by atoms with Gasteiger partial charge in [-0.25, -0.2) is 0 Å². The van der Waals surface area contributed by atoms with Crippen LogP contribution in [0.15, 0.2) is 36.4 Å². The molecular weight excluding hydrogens is 374 g/mol. The van der Waals surface area contributed by atoms with E-state index in [-0.39, 0.29) is 24.2 Å². The first-order valence-corrected chi connectivity index (χ1v) is 9.61. The van der Waals surface area contributed by atoms with Crippen LogP contribution >= 0.6 is 0 Å². The first-order valence-electron chi connectivity index (χ1n) is 9.61. The lowest BCUT2D eigenvalue weighted by Gasteiger charge is -2.33. The molecule has 0 saturated carbocycles. The highest BCUT2D eigenvalue weighted by Crippen LogP contribution is 2.37. The number of hydrogen-bond acceptors (Lipinski definition) is 6. The van der Waals surface area contributed by atoms with Gasteiger partial charge < -0.3 is 29.7 Å². The Hall–Kier alpha value is -3.26. The van der Waals surface area contributed by atoms with Crippen LogP contribution in [0, 0.1) is 0 Å². The molecule has 1 fully saturated rings. The largest absolute Gasteiger partial charge is 0.508 e. The van der Waals surface area contributed by atoms with E-state index in [0.29, 0.717) is 29.3 Å². The highest BCUT2D eigenvalue weighted by Gasteiger charge is 2.24. The van der Waals surface area contributed by atoms with Crippen LogP contribution in [0.5, 0.6) is 17.2 Å². The molecule has 8 nitrogen and oxygen atoms in total. The van der Waals surface area contributed by atoms with Crippen molar-refractivity contribution in [3.8, 4) is 17.2 Å². The Bertz CT molecular complexity index is 921. The summed E-state index contributed by atoms with van der Waals surface area (Å²) in [5, 5.41) is 12.3. The molecule has 8 heteroatoms. The number of ketones is 1. The van der Waals surface area contributed by atoms with Gasteiger partial charge >= 0.3 is 0 Å². The Kier molecular flexibility index (Phi) is 5.26. The van der Waals surface area contributed by atoms with Crippen LogP contribution in [0.4, 0.5) is 11.4 Å². The maximum Gasteiger partial charge on any atom is 0.279 e. The lowest BCUT2D eigenvalue weighted by molar-refractivity contribution is -0.892. The van der Waals surface area contributed by atoms with Gasteiger partial charge in [-0.3, -0.25) is 9.59 Å². The van der Waals surface area contributed by atoms with Gasteiger partial charge in [0.25, 0.3) is 5.91 Å². The summed E-state index contributed by atoms with van der Waals surface area (Å²) >= 11 is 0. The minimum Gasteiger partial charge on any atom is -0.508 e. The SMILES string of the molecule is CC(=O)c1cc2c(cc1NC(=O)C[NH+]1CCN(c3ccc(O)cc3)CC1)OCO2. The van der Waals surface area contributed by atoms with Gasteiger partial charge in [-0.1, -0.05) is 0 Å². The van der Waals surface area contributed by atoms with Crippen molar-refractivity contribution in [1.82, 2.24) is 0 Å². The van der Waals surface area contributed by atoms with E-state index in [1.807, 2.05) is 12.1 Å². The molecule has 0 unspecified atom stereocenters. The number of phenolic OH excluding ortho intramolecular Hbond substituents is 1. The third-order valence-corrected chi connectivity index (χ3v) is 5.26. The summed E-state index contributed by atoms with van der Waals surface area (Å²) in [7, 11) is 0. The molecule has 2 aromatic rings. The Morgan fingerprint density at radius 3 is 2.41 bits per heavy atom. The fourth-order valence-corrected chi connectivity index (χ4v) is 3.68. The quantitative estimate of drug-likeness (QED) is 0.641. The number of anilines is 2. The summed E-state index contributed by atoms with van der Waals surface area (Å²) in [4.78, 5) is 28.0. The number of aromatic hydroxyl groups is 1. The van der Waals surface area contributed by atoms with Gasteiger partial charge in [-0.05, 0) is 37.3 Å². The van der Waals surface area contributed by atoms with E-state index in [4.69, 9.17) is 9.47 Å². The lowest BCUT2D eigenvalue weighted by atomic mass is 10.1. The molecule has 2 heterocycles. The second kappa shape index (κ2) is 8.00. The monoisotopic (exact) mass is 398 g/mol. The number of nitrogens with one attached hydrogen (secondary N) is 2. The molecule has 0 radical (unpaired) electrons. The zero-order valence-corrected chi connectivity index (χ0v) is 16.2. The van der Waals surface area contributed by atoms with Crippen molar-refractivity contribution in [2.75, 3.05) is 49.7 Å². The molecule has 4 rings (SSSR count). The van der Waals surface area contributed by atoms with Crippen LogP contribution in [-0.2, 0) is 4.79 Å². The number of carbonyl (C=O) groups excluding carboxylic acids is 2. The number of fused-ring (bicyclic) bond motifs is 1. The van der Waals surface area contributed by atoms with Crippen molar-refractivity contribution in [2.24, 2.45) is 0 Å². The number of benzene rings is 2. The predicted molar refractivity (Wildman–Crippen MR) is 107 cm³/mol. The van der Waals surface area contributed by atoms with Crippen LogP contribution in [0.3, 0.4) is 0 Å². The van der Waals surface area contributed by atoms with Gasteiger partial charge in [-0.2, -0.15) is 0 Å². The second-order valence-corrected chi connectivity index (χ2v) is 7.29. The molecule has 3 N–H and O–H groups in total. The highest BCUT2D eigenvalue weighted by molar-refractivity contribution is 6.04. The molecule has 29 heavy (non-hydrogen) atoms. The number of phenols is 1. The summed E-state index contributed by atoms with van der Waals surface area (Å²) in [6, 6.07) is 10.4. The summed E-state index contributed by atoms with van der Waals surface area (Å²) < 4.78 is 10.7. The van der Waals surface area contributed by atoms with Crippen LogP contribution < -0.4 is 24.6 Å². The van der Waals surface area contributed by atoms with Crippen molar-refractivity contribution in [3.05, 3.63) is 42.0 Å². The van der Waals surface area contributed by atoms with Crippen LogP contribution in [0.1, 0.15) is 17.3 Å². The van der Waals surface area contributed by atoms with Crippen LogP contribution in [0.25, 0.3) is 0 Å². The highest BCUT2D eigenvalue weighted by atomic mass is 16.7. The van der Waals surface area contributed by atoms with E-state index in [1.165, 1.54) is 11.8 Å². The van der Waals surface area contributed by atoms with Gasteiger partial charge in [0.15, 0.2) is 23.8 Å². The molecule has 0 bridgehead atoms. The summed E-state index contributed by atoms with van der Waals surface area (Å²) in [5.41, 5.74) is 1.93. The number of nitrogens with zero attached hydrogens (tertiary/aromatic N) is 1. The van der Waals surface area contributed by atoms with Gasteiger partial charge in [0.2, 0.25) is 6.79 Å². The molecule has 0 aliphatic carbocycles. The molecule has 1 amide bonds. The first kappa shape index (κ1) is 19.1. The molecule has 1 saturated heterocycles. The fourth-order valence-electron chi connectivity index (χ4n) is 3.68. The predicted octanol–water partition coefficient (Wildman–Crippen LogP) is 0.667. The Labute approximate surface area is 168 Å². The maximum atomic E-state index is 12.6. The molecule has 2 aromatic carbocycles. The third kappa shape index (κ3) is 4.27. The fraction of sp³-hybridized carbons (Fsp3) is 0.333. The smallest absolute Gasteiger partial charge is 0.279 e. The molecule has 0 aromatic heterocycles. The van der Waals surface area contributed by atoms with Gasteiger partial charge in [0, 0.05) is 17.3 Å². The molecule has 152 valence electrons. The summed E-state index contributed by atoms with van der Waals surface area (Å²) in [5.74, 6) is 1.01. The average Bonchev–Trinajstić information content (AvgIpc) is 3.16. The van der Waals surface area contributed by atoms with E-state index in [2.05, 4.69) is 10.2 Å². The van der Waals surface area contributed by atoms with Crippen molar-refractivity contribution in [2.45, 2.75) is 6.92 Å². The molecular formula is C21H24N3O5+. The van der Waals surface area contributed by atoms with Crippen molar-refractivity contribution in [3.63, 3.8) is 0 Å². The Morgan fingerprint density at radius 2 is 1.76 bits per heavy atom. The lowest BCUT2D eigenvalue weighted by Crippen LogP contribution is -3.15. The topological polar surface area (TPSA) is 92.5 Å². The van der Waals surface area contributed by atoms with Gasteiger partial charge in [0.1, 0.15) is 5.75 Å². The van der Waals surface area contributed by atoms with E-state index in [1.54, 1.807) is 24.3 Å². The van der Waals surface area contributed by atoms with E-state index >= 15 is 0 Å². The number of Topliss-reactive ketones (excluding diaryl/α,β-unsaturated/α-hetero) is 1. The minimum atomic E-state index is -0.145. The first-order chi connectivity index (χ1) is 14.0. The molecule has 0 atom stereocenters. The normalized spacial score (nSPS) is 16.0. The van der Waals surface area contributed by atoms with Crippen molar-refractivity contribution in [1.29, 1.82) is 0 Å². The van der Waals surface area contributed by atoms with E-state index in [0.717, 1.165) is 31.9 Å². The van der Waals surface area contributed by atoms with Crippen molar-refractivity contribution < 1.29 is 29.1 Å². The maximum absolute atomic E-state index is 12.6. The number of piperazine rings is 1. The zero-order valence-electron chi connectivity index (χ0n) is 16.2. The van der Waals surface area contributed by atoms with Gasteiger partial charge in [0.05, 0.1) is 31.9 Å².